The first-order valence-electron chi connectivity index (χ1n) is 4.96. The molecule has 0 saturated heterocycles. The van der Waals surface area contributed by atoms with Gasteiger partial charge in [-0.15, -0.1) is 0 Å². The molecule has 0 bridgehead atoms. The highest BCUT2D eigenvalue weighted by Crippen LogP contribution is 2.14. The summed E-state index contributed by atoms with van der Waals surface area (Å²) in [5.74, 6) is -5.74. The van der Waals surface area contributed by atoms with Gasteiger partial charge in [0.15, 0.2) is 0 Å². The van der Waals surface area contributed by atoms with Gasteiger partial charge in [0.1, 0.15) is 23.0 Å². The predicted molar refractivity (Wildman–Crippen MR) is 64.9 cm³/mol. The van der Waals surface area contributed by atoms with Crippen molar-refractivity contribution in [2.45, 2.75) is 0 Å². The maximum Gasteiger partial charge on any atom is 0.341 e. The van der Waals surface area contributed by atoms with Crippen molar-refractivity contribution in [1.82, 2.24) is 0 Å². The molecule has 0 spiro atoms. The quantitative estimate of drug-likeness (QED) is 0.571. The van der Waals surface area contributed by atoms with Gasteiger partial charge in [0, 0.05) is 12.1 Å². The number of carboxylic acids is 1. The Morgan fingerprint density at radius 3 is 1.57 bits per heavy atom. The van der Waals surface area contributed by atoms with Crippen molar-refractivity contribution >= 4 is 16.1 Å². The molecule has 0 aliphatic carbocycles. The van der Waals surface area contributed by atoms with Gasteiger partial charge in [-0.3, -0.25) is 4.55 Å². The first-order valence-corrected chi connectivity index (χ1v) is 6.80. The van der Waals surface area contributed by atoms with Crippen LogP contribution >= 0.6 is 0 Å². The molecule has 0 aliphatic rings. The van der Waals surface area contributed by atoms with E-state index in [2.05, 4.69) is 0 Å². The summed E-state index contributed by atoms with van der Waals surface area (Å²) in [7, 11) is -3.67. The predicted octanol–water partition coefficient (Wildman–Crippen LogP) is 0.277. The number of halogens is 3. The standard InChI is InChI=1S/C7H3F3O2.C2H6O2.CH4O3S/c8-3-1-4(9)6(7(11)12)5(10)2-3;3-1-2-4;1-5(2,3)4/h1-2H,(H,11,12);3-4H,1-2H2;1H3,(H,2,3,4). The molecule has 1 aromatic rings. The first-order chi connectivity index (χ1) is 9.43. The zero-order valence-electron chi connectivity index (χ0n) is 10.6. The molecule has 0 amide bonds. The summed E-state index contributed by atoms with van der Waals surface area (Å²) < 4.78 is 63.1. The lowest BCUT2D eigenvalue weighted by Crippen LogP contribution is -2.04. The molecular formula is C10H13F3O7S. The van der Waals surface area contributed by atoms with E-state index >= 15 is 0 Å². The van der Waals surface area contributed by atoms with Crippen molar-refractivity contribution < 1.29 is 46.3 Å². The SMILES string of the molecule is CS(=O)(=O)O.O=C(O)c1c(F)cc(F)cc1F.OCCO. The summed E-state index contributed by atoms with van der Waals surface area (Å²) >= 11 is 0. The topological polar surface area (TPSA) is 132 Å². The molecule has 0 aromatic heterocycles. The summed E-state index contributed by atoms with van der Waals surface area (Å²) in [6.07, 6.45) is 0.715. The second-order valence-corrected chi connectivity index (χ2v) is 4.70. The Bertz CT molecular complexity index is 527. The summed E-state index contributed by atoms with van der Waals surface area (Å²) in [4.78, 5) is 10.2. The number of rotatable bonds is 2. The fraction of sp³-hybridized carbons (Fsp3) is 0.300. The van der Waals surface area contributed by atoms with Crippen molar-refractivity contribution in [3.05, 3.63) is 35.1 Å². The van der Waals surface area contributed by atoms with Crippen LogP contribution in [0.5, 0.6) is 0 Å². The monoisotopic (exact) mass is 334 g/mol. The van der Waals surface area contributed by atoms with Crippen LogP contribution in [0.2, 0.25) is 0 Å². The average Bonchev–Trinajstić information content (AvgIpc) is 2.25. The van der Waals surface area contributed by atoms with Gasteiger partial charge in [0.25, 0.3) is 10.1 Å². The first kappa shape index (κ1) is 21.6. The lowest BCUT2D eigenvalue weighted by atomic mass is 10.2. The molecule has 4 N–H and O–H groups in total. The van der Waals surface area contributed by atoms with Gasteiger partial charge < -0.3 is 15.3 Å². The van der Waals surface area contributed by atoms with E-state index in [9.17, 15) is 26.4 Å². The highest BCUT2D eigenvalue weighted by atomic mass is 32.2. The van der Waals surface area contributed by atoms with Crippen molar-refractivity contribution in [3.8, 4) is 0 Å². The van der Waals surface area contributed by atoms with Gasteiger partial charge in [-0.2, -0.15) is 8.42 Å². The van der Waals surface area contributed by atoms with E-state index < -0.39 is 39.1 Å². The molecule has 0 aliphatic heterocycles. The highest BCUT2D eigenvalue weighted by molar-refractivity contribution is 7.85. The van der Waals surface area contributed by atoms with E-state index in [0.29, 0.717) is 18.4 Å². The minimum atomic E-state index is -3.67. The Morgan fingerprint density at radius 2 is 1.38 bits per heavy atom. The Morgan fingerprint density at radius 1 is 1.10 bits per heavy atom. The number of aromatic carboxylic acids is 1. The molecule has 0 unspecified atom stereocenters. The van der Waals surface area contributed by atoms with E-state index in [0.717, 1.165) is 0 Å². The summed E-state index contributed by atoms with van der Waals surface area (Å²) in [6, 6.07) is 0.624. The molecule has 7 nitrogen and oxygen atoms in total. The third-order valence-corrected chi connectivity index (χ3v) is 1.32. The van der Waals surface area contributed by atoms with Crippen LogP contribution < -0.4 is 0 Å². The smallest absolute Gasteiger partial charge is 0.341 e. The second kappa shape index (κ2) is 10.1. The number of carbonyl (C=O) groups is 1. The van der Waals surface area contributed by atoms with Crippen LogP contribution in [-0.2, 0) is 10.1 Å². The third kappa shape index (κ3) is 13.1. The van der Waals surface area contributed by atoms with Crippen LogP contribution in [0, 0.1) is 17.5 Å². The van der Waals surface area contributed by atoms with Crippen molar-refractivity contribution in [2.75, 3.05) is 19.5 Å². The van der Waals surface area contributed by atoms with E-state index in [4.69, 9.17) is 19.9 Å². The maximum absolute atomic E-state index is 12.5. The summed E-state index contributed by atoms with van der Waals surface area (Å²) in [6.45, 7) is -0.250. The van der Waals surface area contributed by atoms with Crippen LogP contribution in [-0.4, -0.2) is 53.7 Å². The lowest BCUT2D eigenvalue weighted by molar-refractivity contribution is 0.0686. The van der Waals surface area contributed by atoms with Crippen LogP contribution in [0.4, 0.5) is 13.2 Å². The Hall–Kier alpha value is -1.69. The number of aliphatic hydroxyl groups excluding tert-OH is 2. The van der Waals surface area contributed by atoms with Gasteiger partial charge in [-0.25, -0.2) is 18.0 Å². The van der Waals surface area contributed by atoms with Crippen LogP contribution in [0.1, 0.15) is 10.4 Å². The lowest BCUT2D eigenvalue weighted by Gasteiger charge is -1.98. The van der Waals surface area contributed by atoms with Crippen molar-refractivity contribution in [1.29, 1.82) is 0 Å². The summed E-state index contributed by atoms with van der Waals surface area (Å²) in [5.41, 5.74) is -1.14. The van der Waals surface area contributed by atoms with Gasteiger partial charge in [0.05, 0.1) is 19.5 Å². The number of carboxylic acid groups (broad SMARTS) is 1. The molecule has 0 fully saturated rings. The average molecular weight is 334 g/mol. The fourth-order valence-corrected chi connectivity index (χ4v) is 0.747. The molecule has 1 rings (SSSR count). The van der Waals surface area contributed by atoms with Gasteiger partial charge in [-0.05, 0) is 0 Å². The van der Waals surface area contributed by atoms with Gasteiger partial charge in [-0.1, -0.05) is 0 Å². The second-order valence-electron chi connectivity index (χ2n) is 3.23. The third-order valence-electron chi connectivity index (χ3n) is 1.32. The van der Waals surface area contributed by atoms with Crippen LogP contribution in [0.15, 0.2) is 12.1 Å². The van der Waals surface area contributed by atoms with Crippen LogP contribution in [0.25, 0.3) is 0 Å². The molecule has 1 aromatic carbocycles. The summed E-state index contributed by atoms with van der Waals surface area (Å²) in [5, 5.41) is 23.5. The molecule has 21 heavy (non-hydrogen) atoms. The van der Waals surface area contributed by atoms with E-state index in [1.165, 1.54) is 0 Å². The van der Waals surface area contributed by atoms with Gasteiger partial charge >= 0.3 is 5.97 Å². The highest BCUT2D eigenvalue weighted by Gasteiger charge is 2.17. The maximum atomic E-state index is 12.5. The molecule has 11 heteroatoms. The number of hydrogen-bond donors (Lipinski definition) is 4. The molecule has 0 radical (unpaired) electrons. The Labute approximate surface area is 118 Å². The number of aliphatic hydroxyl groups is 2. The van der Waals surface area contributed by atoms with Crippen molar-refractivity contribution in [2.24, 2.45) is 0 Å². The number of hydrogen-bond acceptors (Lipinski definition) is 5. The molecule has 0 atom stereocenters. The van der Waals surface area contributed by atoms with Gasteiger partial charge in [0.2, 0.25) is 0 Å². The number of benzene rings is 1. The minimum Gasteiger partial charge on any atom is -0.477 e. The minimum absolute atomic E-state index is 0.125. The largest absolute Gasteiger partial charge is 0.477 e. The van der Waals surface area contributed by atoms with Crippen LogP contribution in [0.3, 0.4) is 0 Å². The van der Waals surface area contributed by atoms with E-state index in [1.807, 2.05) is 0 Å². The fourth-order valence-electron chi connectivity index (χ4n) is 0.747. The Balaban J connectivity index is 0. The molecule has 0 saturated carbocycles. The molecular weight excluding hydrogens is 321 g/mol. The molecule has 122 valence electrons. The van der Waals surface area contributed by atoms with Crippen molar-refractivity contribution in [3.63, 3.8) is 0 Å². The normalized spacial score (nSPS) is 9.86. The molecule has 0 heterocycles. The zero-order chi connectivity index (χ0) is 17.2. The van der Waals surface area contributed by atoms with E-state index in [1.54, 1.807) is 0 Å². The van der Waals surface area contributed by atoms with E-state index in [-0.39, 0.29) is 13.2 Å². The Kier molecular flexibility index (Phi) is 10.4. The zero-order valence-corrected chi connectivity index (χ0v) is 11.4.